The smallest absolute Gasteiger partial charge is 0.160 e. The van der Waals surface area contributed by atoms with Crippen LogP contribution in [-0.4, -0.2) is 17.9 Å². The van der Waals surface area contributed by atoms with Gasteiger partial charge >= 0.3 is 0 Å². The van der Waals surface area contributed by atoms with E-state index in [0.29, 0.717) is 22.5 Å². The molecule has 3 rings (SSSR count). The van der Waals surface area contributed by atoms with Gasteiger partial charge in [0.1, 0.15) is 0 Å². The summed E-state index contributed by atoms with van der Waals surface area (Å²) in [5.74, 6) is 0.240. The molecule has 1 unspecified atom stereocenters. The molecule has 0 aliphatic carbocycles. The second kappa shape index (κ2) is 5.51. The van der Waals surface area contributed by atoms with Gasteiger partial charge in [0.2, 0.25) is 0 Å². The number of ketones is 1. The van der Waals surface area contributed by atoms with Crippen LogP contribution in [-0.2, 0) is 4.79 Å². The molecule has 2 aliphatic heterocycles. The summed E-state index contributed by atoms with van der Waals surface area (Å²) in [6.07, 6.45) is 3.63. The van der Waals surface area contributed by atoms with Crippen LogP contribution in [0.2, 0.25) is 10.0 Å². The molecule has 0 amide bonds. The third-order valence-corrected chi connectivity index (χ3v) is 4.99. The Bertz CT molecular complexity index is 594. The van der Waals surface area contributed by atoms with Gasteiger partial charge in [-0.3, -0.25) is 4.79 Å². The molecule has 0 aromatic heterocycles. The zero-order chi connectivity index (χ0) is 14.3. The van der Waals surface area contributed by atoms with Crippen molar-refractivity contribution in [2.75, 3.05) is 0 Å². The van der Waals surface area contributed by atoms with E-state index >= 15 is 0 Å². The molecule has 0 spiro atoms. The molecule has 106 valence electrons. The van der Waals surface area contributed by atoms with Crippen molar-refractivity contribution in [2.45, 2.75) is 44.7 Å². The van der Waals surface area contributed by atoms with Crippen LogP contribution < -0.4 is 5.32 Å². The molecule has 20 heavy (non-hydrogen) atoms. The van der Waals surface area contributed by atoms with Crippen molar-refractivity contribution in [2.24, 2.45) is 0 Å². The number of halogens is 2. The number of hydrogen-bond acceptors (Lipinski definition) is 2. The number of fused-ring (bicyclic) bond motifs is 2. The first-order valence-electron chi connectivity index (χ1n) is 7.08. The second-order valence-electron chi connectivity index (χ2n) is 5.50. The molecule has 2 heterocycles. The van der Waals surface area contributed by atoms with E-state index in [4.69, 9.17) is 23.2 Å². The fourth-order valence-electron chi connectivity index (χ4n) is 3.28. The van der Waals surface area contributed by atoms with Crippen LogP contribution in [0.15, 0.2) is 23.8 Å². The Balaban J connectivity index is 2.10. The molecule has 2 bridgehead atoms. The van der Waals surface area contributed by atoms with E-state index in [1.807, 2.05) is 25.1 Å². The Morgan fingerprint density at radius 2 is 2.10 bits per heavy atom. The predicted octanol–water partition coefficient (Wildman–Crippen LogP) is 4.25. The summed E-state index contributed by atoms with van der Waals surface area (Å²) in [7, 11) is 0. The number of carbonyl (C=O) groups excluding carboxylic acids is 1. The molecule has 1 fully saturated rings. The van der Waals surface area contributed by atoms with Gasteiger partial charge in [0.25, 0.3) is 0 Å². The number of Topliss-reactive ketones (excluding diaryl/α,β-unsaturated/α-hetero) is 1. The third kappa shape index (κ3) is 2.41. The Hall–Kier alpha value is -0.830. The van der Waals surface area contributed by atoms with Gasteiger partial charge in [0, 0.05) is 24.1 Å². The van der Waals surface area contributed by atoms with Crippen molar-refractivity contribution in [3.63, 3.8) is 0 Å². The molecule has 0 saturated carbocycles. The lowest BCUT2D eigenvalue weighted by Crippen LogP contribution is -2.38. The average Bonchev–Trinajstić information content (AvgIpc) is 2.82. The van der Waals surface area contributed by atoms with Gasteiger partial charge in [-0.25, -0.2) is 0 Å². The molecule has 1 aromatic rings. The summed E-state index contributed by atoms with van der Waals surface area (Å²) in [4.78, 5) is 12.3. The van der Waals surface area contributed by atoms with Crippen molar-refractivity contribution in [1.82, 2.24) is 5.32 Å². The fraction of sp³-hybridized carbons (Fsp3) is 0.438. The van der Waals surface area contributed by atoms with Crippen LogP contribution >= 0.6 is 23.2 Å². The van der Waals surface area contributed by atoms with E-state index in [2.05, 4.69) is 5.32 Å². The highest BCUT2D eigenvalue weighted by Crippen LogP contribution is 2.39. The summed E-state index contributed by atoms with van der Waals surface area (Å²) in [6, 6.07) is 6.36. The summed E-state index contributed by atoms with van der Waals surface area (Å²) in [5, 5.41) is 4.64. The lowest BCUT2D eigenvalue weighted by atomic mass is 9.87. The zero-order valence-corrected chi connectivity index (χ0v) is 12.9. The Labute approximate surface area is 129 Å². The maximum Gasteiger partial charge on any atom is 0.160 e. The minimum atomic E-state index is 0.214. The molecule has 1 aromatic carbocycles. The van der Waals surface area contributed by atoms with E-state index in [0.717, 1.165) is 36.0 Å². The minimum absolute atomic E-state index is 0.214. The molecule has 1 N–H and O–H groups in total. The van der Waals surface area contributed by atoms with E-state index in [1.165, 1.54) is 0 Å². The lowest BCUT2D eigenvalue weighted by Gasteiger charge is -2.27. The normalized spacial score (nSPS) is 25.1. The molecule has 2 aliphatic rings. The topological polar surface area (TPSA) is 29.1 Å². The lowest BCUT2D eigenvalue weighted by molar-refractivity contribution is -0.115. The van der Waals surface area contributed by atoms with Gasteiger partial charge < -0.3 is 5.32 Å². The van der Waals surface area contributed by atoms with Crippen molar-refractivity contribution >= 4 is 34.6 Å². The average molecular weight is 310 g/mol. The van der Waals surface area contributed by atoms with Crippen LogP contribution in [0.5, 0.6) is 0 Å². The predicted molar refractivity (Wildman–Crippen MR) is 83.2 cm³/mol. The number of hydrogen-bond donors (Lipinski definition) is 1. The Morgan fingerprint density at radius 1 is 1.30 bits per heavy atom. The van der Waals surface area contributed by atoms with Crippen molar-refractivity contribution in [3.05, 3.63) is 39.4 Å². The van der Waals surface area contributed by atoms with Gasteiger partial charge in [-0.05, 0) is 42.5 Å². The van der Waals surface area contributed by atoms with Crippen LogP contribution in [0.1, 0.15) is 38.2 Å². The van der Waals surface area contributed by atoms with Crippen molar-refractivity contribution in [3.8, 4) is 0 Å². The maximum atomic E-state index is 12.3. The number of nitrogens with one attached hydrogen (secondary N) is 1. The summed E-state index contributed by atoms with van der Waals surface area (Å²) in [5.41, 5.74) is 3.15. The standard InChI is InChI=1S/C16H17Cl2NO/c1-2-15(20)16-11(8-10-4-6-14(16)19-10)9-3-5-12(17)13(18)7-9/h3,5,7,10,14,19H,2,4,6,8H2,1H3/t10?,14-/m1/s1. The highest BCUT2D eigenvalue weighted by atomic mass is 35.5. The van der Waals surface area contributed by atoms with Crippen LogP contribution in [0, 0.1) is 0 Å². The number of rotatable bonds is 3. The number of carbonyl (C=O) groups is 1. The van der Waals surface area contributed by atoms with E-state index in [1.54, 1.807) is 0 Å². The van der Waals surface area contributed by atoms with Gasteiger partial charge in [-0.2, -0.15) is 0 Å². The first-order chi connectivity index (χ1) is 9.60. The van der Waals surface area contributed by atoms with Gasteiger partial charge in [0.15, 0.2) is 5.78 Å². The quantitative estimate of drug-likeness (QED) is 0.904. The summed E-state index contributed by atoms with van der Waals surface area (Å²) < 4.78 is 0. The minimum Gasteiger partial charge on any atom is -0.307 e. The highest BCUT2D eigenvalue weighted by Gasteiger charge is 2.36. The zero-order valence-electron chi connectivity index (χ0n) is 11.4. The maximum absolute atomic E-state index is 12.3. The highest BCUT2D eigenvalue weighted by molar-refractivity contribution is 6.42. The van der Waals surface area contributed by atoms with Gasteiger partial charge in [0.05, 0.1) is 10.0 Å². The van der Waals surface area contributed by atoms with E-state index in [9.17, 15) is 4.79 Å². The largest absolute Gasteiger partial charge is 0.307 e. The Kier molecular flexibility index (Phi) is 3.89. The SMILES string of the molecule is CCC(=O)C1=C(c2ccc(Cl)c(Cl)c2)CC2CC[C@H]1N2. The van der Waals surface area contributed by atoms with Crippen LogP contribution in [0.4, 0.5) is 0 Å². The van der Waals surface area contributed by atoms with Crippen molar-refractivity contribution in [1.29, 1.82) is 0 Å². The molecule has 1 saturated heterocycles. The summed E-state index contributed by atoms with van der Waals surface area (Å²) in [6.45, 7) is 1.92. The first kappa shape index (κ1) is 14.1. The number of benzene rings is 1. The Morgan fingerprint density at radius 3 is 2.80 bits per heavy atom. The third-order valence-electron chi connectivity index (χ3n) is 4.25. The fourth-order valence-corrected chi connectivity index (χ4v) is 3.58. The van der Waals surface area contributed by atoms with E-state index < -0.39 is 0 Å². The molecule has 2 atom stereocenters. The first-order valence-corrected chi connectivity index (χ1v) is 7.83. The second-order valence-corrected chi connectivity index (χ2v) is 6.31. The van der Waals surface area contributed by atoms with Crippen LogP contribution in [0.25, 0.3) is 5.57 Å². The van der Waals surface area contributed by atoms with Gasteiger partial charge in [-0.15, -0.1) is 0 Å². The van der Waals surface area contributed by atoms with E-state index in [-0.39, 0.29) is 11.8 Å². The molecular weight excluding hydrogens is 293 g/mol. The van der Waals surface area contributed by atoms with Crippen LogP contribution in [0.3, 0.4) is 0 Å². The molecule has 0 radical (unpaired) electrons. The molecule has 4 heteroatoms. The molecular formula is C16H17Cl2NO. The summed E-state index contributed by atoms with van der Waals surface area (Å²) >= 11 is 12.1. The monoisotopic (exact) mass is 309 g/mol. The van der Waals surface area contributed by atoms with Crippen molar-refractivity contribution < 1.29 is 4.79 Å². The molecule has 2 nitrogen and oxygen atoms in total. The van der Waals surface area contributed by atoms with Gasteiger partial charge in [-0.1, -0.05) is 36.2 Å².